The Balaban J connectivity index is 2.23. The van der Waals surface area contributed by atoms with E-state index in [1.54, 1.807) is 10.6 Å². The topological polar surface area (TPSA) is 64.4 Å². The average Bonchev–Trinajstić information content (AvgIpc) is 2.83. The largest absolute Gasteiger partial charge is 0.492 e. The number of ether oxygens (including phenoxy) is 1. The molecule has 6 nitrogen and oxygen atoms in total. The quantitative estimate of drug-likeness (QED) is 0.379. The van der Waals surface area contributed by atoms with Crippen LogP contribution in [0, 0.1) is 0 Å². The second-order valence-electron chi connectivity index (χ2n) is 8.25. The van der Waals surface area contributed by atoms with Gasteiger partial charge in [0.1, 0.15) is 11.6 Å². The van der Waals surface area contributed by atoms with E-state index in [1.165, 1.54) is 0 Å². The van der Waals surface area contributed by atoms with E-state index in [2.05, 4.69) is 13.8 Å². The number of carbonyl (C=O) groups excluding carboxylic acids is 1. The van der Waals surface area contributed by atoms with E-state index in [4.69, 9.17) is 9.72 Å². The Hall–Kier alpha value is -3.15. The van der Waals surface area contributed by atoms with Gasteiger partial charge in [-0.3, -0.25) is 14.2 Å². The molecule has 0 saturated carbocycles. The molecule has 0 radical (unpaired) electrons. The Morgan fingerprint density at radius 1 is 1.03 bits per heavy atom. The maximum atomic E-state index is 13.8. The van der Waals surface area contributed by atoms with Crippen LogP contribution in [0.2, 0.25) is 0 Å². The third kappa shape index (κ3) is 5.44. The second kappa shape index (κ2) is 11.6. The summed E-state index contributed by atoms with van der Waals surface area (Å²) in [4.78, 5) is 33.7. The highest BCUT2D eigenvalue weighted by molar-refractivity contribution is 5.79. The minimum atomic E-state index is -0.368. The lowest BCUT2D eigenvalue weighted by atomic mass is 10.1. The first-order valence-electron chi connectivity index (χ1n) is 12.1. The van der Waals surface area contributed by atoms with Crippen LogP contribution in [0.5, 0.6) is 5.75 Å². The monoisotopic (exact) mass is 449 g/mol. The third-order valence-corrected chi connectivity index (χ3v) is 5.87. The lowest BCUT2D eigenvalue weighted by molar-refractivity contribution is -0.133. The van der Waals surface area contributed by atoms with Crippen LogP contribution in [0.1, 0.15) is 71.7 Å². The van der Waals surface area contributed by atoms with Gasteiger partial charge in [-0.15, -0.1) is 0 Å². The van der Waals surface area contributed by atoms with Crippen LogP contribution in [-0.4, -0.2) is 33.5 Å². The molecule has 0 N–H and O–H groups in total. The zero-order valence-electron chi connectivity index (χ0n) is 20.2. The number of fused-ring (bicyclic) bond motifs is 1. The summed E-state index contributed by atoms with van der Waals surface area (Å²) in [6.07, 6.45) is 4.19. The van der Waals surface area contributed by atoms with Crippen LogP contribution in [0.15, 0.2) is 53.3 Å². The zero-order valence-corrected chi connectivity index (χ0v) is 20.2. The van der Waals surface area contributed by atoms with Gasteiger partial charge in [-0.25, -0.2) is 4.98 Å². The third-order valence-electron chi connectivity index (χ3n) is 5.87. The molecule has 0 aliphatic carbocycles. The molecule has 3 rings (SSSR count). The molecule has 0 saturated heterocycles. The number of amides is 1. The van der Waals surface area contributed by atoms with Gasteiger partial charge >= 0.3 is 0 Å². The van der Waals surface area contributed by atoms with Crippen molar-refractivity contribution >= 4 is 16.8 Å². The van der Waals surface area contributed by atoms with Crippen molar-refractivity contribution < 1.29 is 9.53 Å². The van der Waals surface area contributed by atoms with Crippen molar-refractivity contribution in [1.82, 2.24) is 14.5 Å². The van der Waals surface area contributed by atoms with Crippen molar-refractivity contribution in [2.75, 3.05) is 13.2 Å². The molecule has 2 aromatic carbocycles. The lowest BCUT2D eigenvalue weighted by Crippen LogP contribution is -2.38. The van der Waals surface area contributed by atoms with Crippen LogP contribution >= 0.6 is 0 Å². The van der Waals surface area contributed by atoms with E-state index in [9.17, 15) is 9.59 Å². The SMILES string of the molecule is CCCCC(=O)N(CCCC)C(C)c1nc2ccccc2c(=O)n1-c1ccccc1OCC. The van der Waals surface area contributed by atoms with Gasteiger partial charge in [0.15, 0.2) is 0 Å². The molecule has 33 heavy (non-hydrogen) atoms. The van der Waals surface area contributed by atoms with Gasteiger partial charge in [0.25, 0.3) is 5.56 Å². The Morgan fingerprint density at radius 3 is 2.45 bits per heavy atom. The lowest BCUT2D eigenvalue weighted by Gasteiger charge is -2.31. The summed E-state index contributed by atoms with van der Waals surface area (Å²) in [5.41, 5.74) is 1.11. The summed E-state index contributed by atoms with van der Waals surface area (Å²) in [7, 11) is 0. The van der Waals surface area contributed by atoms with Crippen LogP contribution in [0.4, 0.5) is 0 Å². The number of nitrogens with zero attached hydrogens (tertiary/aromatic N) is 3. The second-order valence-corrected chi connectivity index (χ2v) is 8.25. The smallest absolute Gasteiger partial charge is 0.266 e. The van der Waals surface area contributed by atoms with Gasteiger partial charge in [-0.05, 0) is 51.0 Å². The van der Waals surface area contributed by atoms with E-state index >= 15 is 0 Å². The summed E-state index contributed by atoms with van der Waals surface area (Å²) in [6.45, 7) is 9.20. The van der Waals surface area contributed by atoms with E-state index in [0.717, 1.165) is 25.7 Å². The van der Waals surface area contributed by atoms with Crippen molar-refractivity contribution in [1.29, 1.82) is 0 Å². The highest BCUT2D eigenvalue weighted by Crippen LogP contribution is 2.28. The molecule has 0 fully saturated rings. The van der Waals surface area contributed by atoms with Crippen LogP contribution in [0.25, 0.3) is 16.6 Å². The normalized spacial score (nSPS) is 12.0. The molecule has 0 bridgehead atoms. The molecule has 0 aliphatic rings. The van der Waals surface area contributed by atoms with Crippen molar-refractivity contribution in [3.8, 4) is 11.4 Å². The molecule has 1 atom stereocenters. The van der Waals surface area contributed by atoms with Gasteiger partial charge < -0.3 is 9.64 Å². The molecule has 1 unspecified atom stereocenters. The predicted molar refractivity (Wildman–Crippen MR) is 133 cm³/mol. The number of hydrogen-bond acceptors (Lipinski definition) is 4. The molecular formula is C27H35N3O3. The first-order valence-corrected chi connectivity index (χ1v) is 12.1. The van der Waals surface area contributed by atoms with Gasteiger partial charge in [-0.2, -0.15) is 0 Å². The number of aromatic nitrogens is 2. The standard InChI is InChI=1S/C27H35N3O3/c1-5-8-18-25(31)29(19-9-6-2)20(4)26-28-22-15-11-10-14-21(22)27(32)30(26)23-16-12-13-17-24(23)33-7-3/h10-17,20H,5-9,18-19H2,1-4H3. The number of unbranched alkanes of at least 4 members (excludes halogenated alkanes) is 2. The molecule has 1 aromatic heterocycles. The zero-order chi connectivity index (χ0) is 23.8. The number of benzene rings is 2. The molecule has 0 aliphatic heterocycles. The summed E-state index contributed by atoms with van der Waals surface area (Å²) in [5.74, 6) is 1.27. The summed E-state index contributed by atoms with van der Waals surface area (Å²) < 4.78 is 7.48. The molecule has 3 aromatic rings. The van der Waals surface area contributed by atoms with Crippen LogP contribution in [0.3, 0.4) is 0 Å². The molecule has 176 valence electrons. The fraction of sp³-hybridized carbons (Fsp3) is 0.444. The van der Waals surface area contributed by atoms with Crippen molar-refractivity contribution in [3.05, 3.63) is 64.7 Å². The van der Waals surface area contributed by atoms with Crippen LogP contribution < -0.4 is 10.3 Å². The Labute approximate surface area is 196 Å². The average molecular weight is 450 g/mol. The number of hydrogen-bond donors (Lipinski definition) is 0. The summed E-state index contributed by atoms with van der Waals surface area (Å²) >= 11 is 0. The minimum absolute atomic E-state index is 0.102. The molecule has 0 spiro atoms. The van der Waals surface area contributed by atoms with Crippen molar-refractivity contribution in [2.24, 2.45) is 0 Å². The van der Waals surface area contributed by atoms with Gasteiger partial charge in [0.05, 0.1) is 29.2 Å². The van der Waals surface area contributed by atoms with E-state index in [-0.39, 0.29) is 17.5 Å². The summed E-state index contributed by atoms with van der Waals surface area (Å²) in [5, 5.41) is 0.539. The van der Waals surface area contributed by atoms with Gasteiger partial charge in [0.2, 0.25) is 5.91 Å². The molecular weight excluding hydrogens is 414 g/mol. The Bertz CT molecular complexity index is 1140. The number of para-hydroxylation sites is 3. The number of carbonyl (C=O) groups is 1. The van der Waals surface area contributed by atoms with Gasteiger partial charge in [-0.1, -0.05) is 51.0 Å². The molecule has 1 heterocycles. The summed E-state index contributed by atoms with van der Waals surface area (Å²) in [6, 6.07) is 14.5. The highest BCUT2D eigenvalue weighted by Gasteiger charge is 2.27. The van der Waals surface area contributed by atoms with Gasteiger partial charge in [0, 0.05) is 13.0 Å². The fourth-order valence-electron chi connectivity index (χ4n) is 4.06. The molecule has 6 heteroatoms. The van der Waals surface area contributed by atoms with Crippen LogP contribution in [-0.2, 0) is 4.79 Å². The first kappa shape index (κ1) is 24.5. The highest BCUT2D eigenvalue weighted by atomic mass is 16.5. The number of rotatable bonds is 11. The predicted octanol–water partition coefficient (Wildman–Crippen LogP) is 5.66. The Kier molecular flexibility index (Phi) is 8.64. The molecule has 1 amide bonds. The minimum Gasteiger partial charge on any atom is -0.492 e. The van der Waals surface area contributed by atoms with Crippen molar-refractivity contribution in [3.63, 3.8) is 0 Å². The van der Waals surface area contributed by atoms with E-state index in [1.807, 2.05) is 61.2 Å². The fourth-order valence-corrected chi connectivity index (χ4v) is 4.06. The first-order chi connectivity index (χ1) is 16.0. The van der Waals surface area contributed by atoms with E-state index < -0.39 is 0 Å². The Morgan fingerprint density at radius 2 is 1.73 bits per heavy atom. The van der Waals surface area contributed by atoms with E-state index in [0.29, 0.717) is 47.7 Å². The maximum absolute atomic E-state index is 13.8. The maximum Gasteiger partial charge on any atom is 0.266 e. The van der Waals surface area contributed by atoms with Crippen molar-refractivity contribution in [2.45, 2.75) is 65.8 Å².